The molecule has 0 unspecified atom stereocenters. The Morgan fingerprint density at radius 2 is 1.04 bits per heavy atom. The van der Waals surface area contributed by atoms with Gasteiger partial charge in [0.15, 0.2) is 5.82 Å². The fourth-order valence-electron chi connectivity index (χ4n) is 8.77. The molecule has 0 atom stereocenters. The second kappa shape index (κ2) is 11.5. The van der Waals surface area contributed by atoms with Gasteiger partial charge in [-0.15, -0.1) is 0 Å². The van der Waals surface area contributed by atoms with Crippen LogP contribution in [0.15, 0.2) is 186 Å². The summed E-state index contributed by atoms with van der Waals surface area (Å²) in [6.45, 7) is 0. The smallest absolute Gasteiger partial charge is 0.160 e. The van der Waals surface area contributed by atoms with Gasteiger partial charge >= 0.3 is 0 Å². The standard InChI is InChI=1S/C50H30N4O/c1-3-14-31(15-4-1)47-37-21-7-10-23-40(37)51-50(52-47)32-16-13-19-34(30-32)54-41-24-11-8-20-35(41)36-26-27-39-45-42(53(49(39)48(36)54)33-17-5-2-6-18-33)28-29-44-46(45)38-22-9-12-25-43(38)55-44/h1-30H. The Kier molecular flexibility index (Phi) is 6.27. The predicted octanol–water partition coefficient (Wildman–Crippen LogP) is 13.1. The molecule has 5 nitrogen and oxygen atoms in total. The molecular weight excluding hydrogens is 673 g/mol. The SMILES string of the molecule is c1ccc(-c2nc(-c3cccc(-n4c5ccccc5c5ccc6c7c8c(ccc7n(-c7ccccc7)c6c54)oc4ccccc48)c3)nc3ccccc23)cc1. The maximum atomic E-state index is 6.45. The maximum absolute atomic E-state index is 6.45. The third-order valence-corrected chi connectivity index (χ3v) is 11.1. The molecule has 0 saturated carbocycles. The summed E-state index contributed by atoms with van der Waals surface area (Å²) in [5.74, 6) is 0.693. The lowest BCUT2D eigenvalue weighted by Gasteiger charge is -2.14. The van der Waals surface area contributed by atoms with Crippen molar-refractivity contribution < 1.29 is 4.42 Å². The molecule has 4 aromatic heterocycles. The minimum Gasteiger partial charge on any atom is -0.456 e. The summed E-state index contributed by atoms with van der Waals surface area (Å²) in [5, 5.41) is 8.04. The van der Waals surface area contributed by atoms with Gasteiger partial charge in [0.05, 0.1) is 33.3 Å². The lowest BCUT2D eigenvalue weighted by molar-refractivity contribution is 0.669. The summed E-state index contributed by atoms with van der Waals surface area (Å²) in [4.78, 5) is 10.4. The lowest BCUT2D eigenvalue weighted by atomic mass is 10.0. The Morgan fingerprint density at radius 1 is 0.382 bits per heavy atom. The first kappa shape index (κ1) is 30.0. The van der Waals surface area contributed by atoms with Crippen LogP contribution >= 0.6 is 0 Å². The molecule has 4 heterocycles. The quantitative estimate of drug-likeness (QED) is 0.183. The molecule has 0 radical (unpaired) electrons. The molecule has 12 aromatic rings. The molecule has 12 rings (SSSR count). The zero-order valence-electron chi connectivity index (χ0n) is 29.5. The second-order valence-corrected chi connectivity index (χ2v) is 14.1. The molecule has 0 spiro atoms. The van der Waals surface area contributed by atoms with Crippen molar-refractivity contribution in [1.82, 2.24) is 19.1 Å². The second-order valence-electron chi connectivity index (χ2n) is 14.1. The van der Waals surface area contributed by atoms with Crippen LogP contribution in [0.3, 0.4) is 0 Å². The van der Waals surface area contributed by atoms with E-state index < -0.39 is 0 Å². The van der Waals surface area contributed by atoms with E-state index in [4.69, 9.17) is 14.4 Å². The third-order valence-electron chi connectivity index (χ3n) is 11.1. The minimum absolute atomic E-state index is 0.693. The van der Waals surface area contributed by atoms with Gasteiger partial charge in [-0.2, -0.15) is 0 Å². The van der Waals surface area contributed by atoms with Gasteiger partial charge in [-0.05, 0) is 54.6 Å². The maximum Gasteiger partial charge on any atom is 0.160 e. The van der Waals surface area contributed by atoms with Crippen molar-refractivity contribution in [1.29, 1.82) is 0 Å². The van der Waals surface area contributed by atoms with Gasteiger partial charge in [-0.1, -0.05) is 127 Å². The van der Waals surface area contributed by atoms with Crippen molar-refractivity contribution in [2.45, 2.75) is 0 Å². The first-order chi connectivity index (χ1) is 27.3. The zero-order valence-corrected chi connectivity index (χ0v) is 29.5. The van der Waals surface area contributed by atoms with Gasteiger partial charge in [0.1, 0.15) is 11.2 Å². The van der Waals surface area contributed by atoms with E-state index in [0.29, 0.717) is 5.82 Å². The van der Waals surface area contributed by atoms with Crippen LogP contribution in [0.25, 0.3) is 110 Å². The molecule has 0 bridgehead atoms. The molecule has 0 N–H and O–H groups in total. The van der Waals surface area contributed by atoms with E-state index in [0.717, 1.165) is 83.1 Å². The van der Waals surface area contributed by atoms with Crippen LogP contribution < -0.4 is 0 Å². The number of rotatable bonds is 4. The number of para-hydroxylation sites is 4. The summed E-state index contributed by atoms with van der Waals surface area (Å²) in [7, 11) is 0. The van der Waals surface area contributed by atoms with Crippen LogP contribution in [0, 0.1) is 0 Å². The van der Waals surface area contributed by atoms with E-state index in [1.165, 1.54) is 21.5 Å². The monoisotopic (exact) mass is 702 g/mol. The Balaban J connectivity index is 1.20. The Morgan fingerprint density at radius 3 is 1.91 bits per heavy atom. The molecule has 8 aromatic carbocycles. The average molecular weight is 703 g/mol. The van der Waals surface area contributed by atoms with Crippen LogP contribution in [0.2, 0.25) is 0 Å². The number of furan rings is 1. The molecule has 55 heavy (non-hydrogen) atoms. The highest BCUT2D eigenvalue weighted by Gasteiger charge is 2.24. The van der Waals surface area contributed by atoms with Crippen LogP contribution in [-0.4, -0.2) is 19.1 Å². The Hall–Kier alpha value is -7.50. The van der Waals surface area contributed by atoms with Gasteiger partial charge in [0.25, 0.3) is 0 Å². The highest BCUT2D eigenvalue weighted by Crippen LogP contribution is 2.45. The van der Waals surface area contributed by atoms with Crippen molar-refractivity contribution in [3.8, 4) is 34.0 Å². The van der Waals surface area contributed by atoms with Crippen molar-refractivity contribution in [3.63, 3.8) is 0 Å². The number of hydrogen-bond donors (Lipinski definition) is 0. The van der Waals surface area contributed by atoms with Crippen LogP contribution in [0.5, 0.6) is 0 Å². The molecule has 256 valence electrons. The van der Waals surface area contributed by atoms with Gasteiger partial charge in [0.2, 0.25) is 0 Å². The zero-order chi connectivity index (χ0) is 36.0. The van der Waals surface area contributed by atoms with E-state index >= 15 is 0 Å². The molecular formula is C50H30N4O. The number of benzene rings is 8. The highest BCUT2D eigenvalue weighted by molar-refractivity contribution is 6.31. The van der Waals surface area contributed by atoms with Crippen LogP contribution in [-0.2, 0) is 0 Å². The number of hydrogen-bond acceptors (Lipinski definition) is 3. The first-order valence-corrected chi connectivity index (χ1v) is 18.6. The van der Waals surface area contributed by atoms with E-state index in [1.54, 1.807) is 0 Å². The predicted molar refractivity (Wildman–Crippen MR) is 226 cm³/mol. The van der Waals surface area contributed by atoms with E-state index in [-0.39, 0.29) is 0 Å². The third kappa shape index (κ3) is 4.35. The van der Waals surface area contributed by atoms with Gasteiger partial charge in [-0.3, -0.25) is 0 Å². The summed E-state index contributed by atoms with van der Waals surface area (Å²) in [5.41, 5.74) is 12.3. The summed E-state index contributed by atoms with van der Waals surface area (Å²) in [6.07, 6.45) is 0. The normalized spacial score (nSPS) is 12.0. The van der Waals surface area contributed by atoms with Gasteiger partial charge < -0.3 is 13.6 Å². The fourth-order valence-corrected chi connectivity index (χ4v) is 8.77. The van der Waals surface area contributed by atoms with E-state index in [1.807, 2.05) is 18.2 Å². The molecule has 0 amide bonds. The van der Waals surface area contributed by atoms with Gasteiger partial charge in [0, 0.05) is 60.2 Å². The Bertz CT molecular complexity index is 3480. The average Bonchev–Trinajstić information content (AvgIpc) is 3.91. The first-order valence-electron chi connectivity index (χ1n) is 18.6. The van der Waals surface area contributed by atoms with Crippen molar-refractivity contribution in [2.24, 2.45) is 0 Å². The number of nitrogens with zero attached hydrogens (tertiary/aromatic N) is 4. The fraction of sp³-hybridized carbons (Fsp3) is 0. The topological polar surface area (TPSA) is 48.8 Å². The van der Waals surface area contributed by atoms with Crippen LogP contribution in [0.4, 0.5) is 0 Å². The summed E-state index contributed by atoms with van der Waals surface area (Å²) in [6, 6.07) is 64.1. The van der Waals surface area contributed by atoms with Gasteiger partial charge in [-0.25, -0.2) is 9.97 Å². The van der Waals surface area contributed by atoms with Crippen molar-refractivity contribution in [2.75, 3.05) is 0 Å². The molecule has 5 heteroatoms. The summed E-state index contributed by atoms with van der Waals surface area (Å²) >= 11 is 0. The minimum atomic E-state index is 0.693. The van der Waals surface area contributed by atoms with Crippen LogP contribution in [0.1, 0.15) is 0 Å². The lowest BCUT2D eigenvalue weighted by Crippen LogP contribution is -2.00. The number of aromatic nitrogens is 4. The molecule has 0 aliphatic carbocycles. The Labute approximate surface area is 315 Å². The molecule has 0 saturated heterocycles. The molecule has 0 aliphatic rings. The van der Waals surface area contributed by atoms with Crippen molar-refractivity contribution >= 4 is 76.5 Å². The largest absolute Gasteiger partial charge is 0.456 e. The molecule has 0 fully saturated rings. The van der Waals surface area contributed by atoms with Crippen molar-refractivity contribution in [3.05, 3.63) is 182 Å². The number of fused-ring (bicyclic) bond motifs is 12. The highest BCUT2D eigenvalue weighted by atomic mass is 16.3. The van der Waals surface area contributed by atoms with E-state index in [9.17, 15) is 0 Å². The van der Waals surface area contributed by atoms with E-state index in [2.05, 4.69) is 173 Å². The molecule has 0 aliphatic heterocycles. The summed E-state index contributed by atoms with van der Waals surface area (Å²) < 4.78 is 11.3.